The van der Waals surface area contributed by atoms with Crippen LogP contribution in [0.15, 0.2) is 54.3 Å². The lowest BCUT2D eigenvalue weighted by molar-refractivity contribution is 0.770. The summed E-state index contributed by atoms with van der Waals surface area (Å²) in [5.74, 6) is 0. The van der Waals surface area contributed by atoms with Crippen LogP contribution >= 0.6 is 11.3 Å². The molecule has 4 nitrogen and oxygen atoms in total. The first kappa shape index (κ1) is 12.2. The van der Waals surface area contributed by atoms with Gasteiger partial charge in [-0.3, -0.25) is 9.67 Å². The van der Waals surface area contributed by atoms with Gasteiger partial charge in [-0.2, -0.15) is 5.10 Å². The zero-order valence-corrected chi connectivity index (χ0v) is 12.2. The van der Waals surface area contributed by atoms with Crippen molar-refractivity contribution in [1.82, 2.24) is 19.7 Å². The third kappa shape index (κ3) is 2.11. The van der Waals surface area contributed by atoms with Crippen LogP contribution in [0.1, 0.15) is 0 Å². The molecule has 0 bridgehead atoms. The molecule has 102 valence electrons. The van der Waals surface area contributed by atoms with Crippen molar-refractivity contribution in [1.29, 1.82) is 0 Å². The van der Waals surface area contributed by atoms with Gasteiger partial charge in [-0.1, -0.05) is 0 Å². The van der Waals surface area contributed by atoms with Gasteiger partial charge in [0.15, 0.2) is 0 Å². The van der Waals surface area contributed by atoms with E-state index in [0.717, 1.165) is 28.0 Å². The number of aromatic nitrogens is 4. The summed E-state index contributed by atoms with van der Waals surface area (Å²) in [5, 5.41) is 6.57. The number of fused-ring (bicyclic) bond motifs is 1. The monoisotopic (exact) mass is 292 g/mol. The SMILES string of the molecule is Cn1ccc(-c2ccc3scc(-c4ccncc4)c3n2)n1. The first-order valence-electron chi connectivity index (χ1n) is 6.60. The van der Waals surface area contributed by atoms with Crippen LogP contribution in [0.2, 0.25) is 0 Å². The van der Waals surface area contributed by atoms with Crippen LogP contribution in [-0.2, 0) is 7.05 Å². The zero-order valence-electron chi connectivity index (χ0n) is 11.4. The number of hydrogen-bond donors (Lipinski definition) is 0. The second-order valence-electron chi connectivity index (χ2n) is 4.80. The maximum Gasteiger partial charge on any atom is 0.111 e. The third-order valence-electron chi connectivity index (χ3n) is 3.38. The number of hydrogen-bond acceptors (Lipinski definition) is 4. The molecule has 4 rings (SSSR count). The molecule has 4 aromatic rings. The molecule has 0 aliphatic carbocycles. The number of rotatable bonds is 2. The van der Waals surface area contributed by atoms with Crippen molar-refractivity contribution in [2.45, 2.75) is 0 Å². The van der Waals surface area contributed by atoms with Crippen molar-refractivity contribution in [3.8, 4) is 22.5 Å². The van der Waals surface area contributed by atoms with Gasteiger partial charge >= 0.3 is 0 Å². The number of pyridine rings is 2. The Hall–Kier alpha value is -2.53. The molecule has 4 heterocycles. The summed E-state index contributed by atoms with van der Waals surface area (Å²) in [6, 6.07) is 10.1. The minimum atomic E-state index is 0.895. The standard InChI is InChI=1S/C16H12N4S/c1-20-9-6-14(19-20)13-2-3-15-16(18-13)12(10-21-15)11-4-7-17-8-5-11/h2-10H,1H3. The fourth-order valence-corrected chi connectivity index (χ4v) is 3.25. The first-order valence-corrected chi connectivity index (χ1v) is 7.48. The molecule has 21 heavy (non-hydrogen) atoms. The summed E-state index contributed by atoms with van der Waals surface area (Å²) in [6.45, 7) is 0. The van der Waals surface area contributed by atoms with Crippen molar-refractivity contribution in [2.75, 3.05) is 0 Å². The molecule has 5 heteroatoms. The van der Waals surface area contributed by atoms with Gasteiger partial charge in [-0.05, 0) is 35.9 Å². The van der Waals surface area contributed by atoms with Gasteiger partial charge in [0.05, 0.1) is 15.9 Å². The van der Waals surface area contributed by atoms with Crippen LogP contribution < -0.4 is 0 Å². The number of thiophene rings is 1. The van der Waals surface area contributed by atoms with E-state index in [9.17, 15) is 0 Å². The fraction of sp³-hybridized carbons (Fsp3) is 0.0625. The van der Waals surface area contributed by atoms with E-state index in [2.05, 4.69) is 21.5 Å². The van der Waals surface area contributed by atoms with E-state index < -0.39 is 0 Å². The van der Waals surface area contributed by atoms with E-state index in [0.29, 0.717) is 0 Å². The number of aryl methyl sites for hydroxylation is 1. The van der Waals surface area contributed by atoms with Gasteiger partial charge in [-0.15, -0.1) is 11.3 Å². The summed E-state index contributed by atoms with van der Waals surface area (Å²) < 4.78 is 2.97. The number of nitrogens with zero attached hydrogens (tertiary/aromatic N) is 4. The minimum Gasteiger partial charge on any atom is -0.275 e. The van der Waals surface area contributed by atoms with E-state index in [1.807, 2.05) is 37.5 Å². The van der Waals surface area contributed by atoms with Crippen LogP contribution in [0.4, 0.5) is 0 Å². The molecule has 0 saturated heterocycles. The van der Waals surface area contributed by atoms with Gasteiger partial charge in [0.2, 0.25) is 0 Å². The molecule has 0 fully saturated rings. The quantitative estimate of drug-likeness (QED) is 0.565. The molecular weight excluding hydrogens is 280 g/mol. The molecule has 0 aromatic carbocycles. The molecule has 0 amide bonds. The van der Waals surface area contributed by atoms with Gasteiger partial charge in [0.25, 0.3) is 0 Å². The Morgan fingerprint density at radius 1 is 1.00 bits per heavy atom. The molecule has 0 N–H and O–H groups in total. The van der Waals surface area contributed by atoms with Crippen molar-refractivity contribution >= 4 is 21.6 Å². The lowest BCUT2D eigenvalue weighted by atomic mass is 10.1. The van der Waals surface area contributed by atoms with E-state index in [1.165, 1.54) is 4.70 Å². The van der Waals surface area contributed by atoms with Gasteiger partial charge in [0.1, 0.15) is 5.69 Å². The van der Waals surface area contributed by atoms with Gasteiger partial charge in [-0.25, -0.2) is 4.98 Å². The summed E-state index contributed by atoms with van der Waals surface area (Å²) in [7, 11) is 1.91. The van der Waals surface area contributed by atoms with Crippen LogP contribution in [0.5, 0.6) is 0 Å². The molecule has 0 unspecified atom stereocenters. The summed E-state index contributed by atoms with van der Waals surface area (Å²) in [5.41, 5.74) is 5.11. The lowest BCUT2D eigenvalue weighted by Gasteiger charge is -2.01. The average Bonchev–Trinajstić information content (AvgIpc) is 3.13. The second-order valence-corrected chi connectivity index (χ2v) is 5.71. The van der Waals surface area contributed by atoms with Gasteiger partial charge < -0.3 is 0 Å². The van der Waals surface area contributed by atoms with Crippen molar-refractivity contribution in [2.24, 2.45) is 7.05 Å². The maximum atomic E-state index is 4.81. The van der Waals surface area contributed by atoms with Crippen LogP contribution in [0.25, 0.3) is 32.7 Å². The molecule has 0 aliphatic heterocycles. The molecule has 0 radical (unpaired) electrons. The summed E-state index contributed by atoms with van der Waals surface area (Å²) in [6.07, 6.45) is 5.54. The molecule has 4 aromatic heterocycles. The Morgan fingerprint density at radius 3 is 2.62 bits per heavy atom. The Bertz CT molecular complexity index is 908. The third-order valence-corrected chi connectivity index (χ3v) is 4.32. The topological polar surface area (TPSA) is 43.6 Å². The van der Waals surface area contributed by atoms with E-state index in [1.54, 1.807) is 28.4 Å². The van der Waals surface area contributed by atoms with Crippen molar-refractivity contribution in [3.63, 3.8) is 0 Å². The fourth-order valence-electron chi connectivity index (χ4n) is 2.34. The molecule has 0 atom stereocenters. The first-order chi connectivity index (χ1) is 10.3. The zero-order chi connectivity index (χ0) is 14.2. The lowest BCUT2D eigenvalue weighted by Crippen LogP contribution is -1.90. The Kier molecular flexibility index (Phi) is 2.79. The summed E-state index contributed by atoms with van der Waals surface area (Å²) in [4.78, 5) is 8.88. The summed E-state index contributed by atoms with van der Waals surface area (Å²) >= 11 is 1.71. The molecule has 0 saturated carbocycles. The van der Waals surface area contributed by atoms with Crippen LogP contribution in [0.3, 0.4) is 0 Å². The predicted molar refractivity (Wildman–Crippen MR) is 85.1 cm³/mol. The normalized spacial score (nSPS) is 11.1. The van der Waals surface area contributed by atoms with Crippen molar-refractivity contribution < 1.29 is 0 Å². The molecular formula is C16H12N4S. The Labute approximate surface area is 125 Å². The molecule has 0 aliphatic rings. The van der Waals surface area contributed by atoms with Crippen molar-refractivity contribution in [3.05, 3.63) is 54.3 Å². The van der Waals surface area contributed by atoms with E-state index in [4.69, 9.17) is 4.98 Å². The average molecular weight is 292 g/mol. The maximum absolute atomic E-state index is 4.81. The predicted octanol–water partition coefficient (Wildman–Crippen LogP) is 3.76. The highest BCUT2D eigenvalue weighted by atomic mass is 32.1. The highest BCUT2D eigenvalue weighted by Gasteiger charge is 2.10. The minimum absolute atomic E-state index is 0.895. The van der Waals surface area contributed by atoms with Crippen LogP contribution in [0, 0.1) is 0 Å². The molecule has 0 spiro atoms. The Balaban J connectivity index is 1.90. The highest BCUT2D eigenvalue weighted by molar-refractivity contribution is 7.17. The van der Waals surface area contributed by atoms with E-state index in [-0.39, 0.29) is 0 Å². The highest BCUT2D eigenvalue weighted by Crippen LogP contribution is 2.33. The van der Waals surface area contributed by atoms with Crippen LogP contribution in [-0.4, -0.2) is 19.7 Å². The van der Waals surface area contributed by atoms with Gasteiger partial charge in [0, 0.05) is 36.6 Å². The smallest absolute Gasteiger partial charge is 0.111 e. The second kappa shape index (κ2) is 4.79. The van der Waals surface area contributed by atoms with E-state index >= 15 is 0 Å². The largest absolute Gasteiger partial charge is 0.275 e. The Morgan fingerprint density at radius 2 is 1.86 bits per heavy atom.